The maximum absolute atomic E-state index is 10.9. The third-order valence-electron chi connectivity index (χ3n) is 2.82. The molecule has 0 unspecified atom stereocenters. The van der Waals surface area contributed by atoms with Crippen molar-refractivity contribution in [3.63, 3.8) is 0 Å². The van der Waals surface area contributed by atoms with Gasteiger partial charge in [0.2, 0.25) is 0 Å². The average molecular weight is 237 g/mol. The van der Waals surface area contributed by atoms with Gasteiger partial charge >= 0.3 is 5.97 Å². The molecule has 1 aromatic rings. The van der Waals surface area contributed by atoms with Gasteiger partial charge in [-0.3, -0.25) is 4.84 Å². The number of carbonyl (C=O) groups is 1. The zero-order chi connectivity index (χ0) is 12.1. The summed E-state index contributed by atoms with van der Waals surface area (Å²) in [7, 11) is 0. The maximum Gasteiger partial charge on any atom is 0.339 e. The van der Waals surface area contributed by atoms with Gasteiger partial charge in [-0.15, -0.1) is 0 Å². The molecule has 2 rings (SSSR count). The van der Waals surface area contributed by atoms with E-state index in [1.54, 1.807) is 0 Å². The van der Waals surface area contributed by atoms with Gasteiger partial charge in [-0.05, 0) is 12.8 Å². The highest BCUT2D eigenvalue weighted by Gasteiger charge is 2.16. The molecule has 6 heteroatoms. The van der Waals surface area contributed by atoms with E-state index in [1.165, 1.54) is 25.4 Å². The van der Waals surface area contributed by atoms with Gasteiger partial charge in [0.1, 0.15) is 11.9 Å². The predicted octanol–water partition coefficient (Wildman–Crippen LogP) is 1.14. The Kier molecular flexibility index (Phi) is 4.00. The summed E-state index contributed by atoms with van der Waals surface area (Å²) in [5, 5.41) is 8.93. The first-order chi connectivity index (χ1) is 8.27. The zero-order valence-electron chi connectivity index (χ0n) is 9.43. The molecule has 0 aliphatic heterocycles. The number of rotatable bonds is 5. The van der Waals surface area contributed by atoms with Crippen molar-refractivity contribution >= 4 is 5.97 Å². The van der Waals surface area contributed by atoms with Crippen molar-refractivity contribution in [2.24, 2.45) is 0 Å². The fraction of sp³-hybridized carbons (Fsp3) is 0.545. The highest BCUT2D eigenvalue weighted by atomic mass is 16.7. The fourth-order valence-corrected chi connectivity index (χ4v) is 1.91. The van der Waals surface area contributed by atoms with E-state index in [1.807, 2.05) is 0 Å². The van der Waals surface area contributed by atoms with E-state index in [-0.39, 0.29) is 18.2 Å². The minimum absolute atomic E-state index is 0.107. The second kappa shape index (κ2) is 5.70. The van der Waals surface area contributed by atoms with Crippen LogP contribution in [-0.2, 0) is 11.4 Å². The standard InChI is InChI=1S/C11H15N3O3/c15-11(16)9-5-12-7-13-10(9)6-14-17-8-3-1-2-4-8/h5,7-8,14H,1-4,6H2,(H,15,16). The Morgan fingerprint density at radius 2 is 2.29 bits per heavy atom. The molecule has 0 bridgehead atoms. The van der Waals surface area contributed by atoms with Crippen molar-refractivity contribution in [1.29, 1.82) is 0 Å². The van der Waals surface area contributed by atoms with E-state index >= 15 is 0 Å². The lowest BCUT2D eigenvalue weighted by Gasteiger charge is -2.11. The highest BCUT2D eigenvalue weighted by molar-refractivity contribution is 5.88. The molecule has 1 fully saturated rings. The molecule has 0 aromatic carbocycles. The molecule has 1 heterocycles. The van der Waals surface area contributed by atoms with Crippen LogP contribution in [0.1, 0.15) is 41.7 Å². The monoisotopic (exact) mass is 237 g/mol. The number of carboxylic acids is 1. The minimum atomic E-state index is -1.02. The second-order valence-electron chi connectivity index (χ2n) is 4.03. The van der Waals surface area contributed by atoms with Gasteiger partial charge in [-0.25, -0.2) is 14.8 Å². The predicted molar refractivity (Wildman–Crippen MR) is 59.2 cm³/mol. The van der Waals surface area contributed by atoms with Gasteiger partial charge in [-0.1, -0.05) is 12.8 Å². The van der Waals surface area contributed by atoms with E-state index in [0.29, 0.717) is 5.69 Å². The van der Waals surface area contributed by atoms with Crippen LogP contribution in [0.15, 0.2) is 12.5 Å². The van der Waals surface area contributed by atoms with Crippen molar-refractivity contribution in [2.75, 3.05) is 0 Å². The highest BCUT2D eigenvalue weighted by Crippen LogP contribution is 2.19. The Balaban J connectivity index is 1.87. The quantitative estimate of drug-likeness (QED) is 0.747. The smallest absolute Gasteiger partial charge is 0.339 e. The van der Waals surface area contributed by atoms with Crippen molar-refractivity contribution < 1.29 is 14.7 Å². The normalized spacial score (nSPS) is 16.2. The molecule has 17 heavy (non-hydrogen) atoms. The summed E-state index contributed by atoms with van der Waals surface area (Å²) in [6.07, 6.45) is 7.37. The van der Waals surface area contributed by atoms with Gasteiger partial charge in [-0.2, -0.15) is 5.48 Å². The second-order valence-corrected chi connectivity index (χ2v) is 4.03. The Bertz CT molecular complexity index is 391. The van der Waals surface area contributed by atoms with E-state index in [9.17, 15) is 4.79 Å². The molecule has 0 amide bonds. The maximum atomic E-state index is 10.9. The van der Waals surface area contributed by atoms with E-state index in [2.05, 4.69) is 15.4 Å². The van der Waals surface area contributed by atoms with Crippen LogP contribution in [0, 0.1) is 0 Å². The number of hydrogen-bond acceptors (Lipinski definition) is 5. The van der Waals surface area contributed by atoms with E-state index in [0.717, 1.165) is 12.8 Å². The first-order valence-electron chi connectivity index (χ1n) is 5.68. The number of hydrogen-bond donors (Lipinski definition) is 2. The first-order valence-corrected chi connectivity index (χ1v) is 5.68. The Labute approximate surface area is 99.0 Å². The lowest BCUT2D eigenvalue weighted by atomic mass is 10.2. The molecule has 1 saturated carbocycles. The van der Waals surface area contributed by atoms with Gasteiger partial charge in [0.15, 0.2) is 0 Å². The number of aromatic carboxylic acids is 1. The summed E-state index contributed by atoms with van der Waals surface area (Å²) in [6.45, 7) is 0.278. The summed E-state index contributed by atoms with van der Waals surface area (Å²) >= 11 is 0. The molecule has 0 atom stereocenters. The van der Waals surface area contributed by atoms with Crippen LogP contribution in [0.5, 0.6) is 0 Å². The molecule has 92 valence electrons. The summed E-state index contributed by atoms with van der Waals surface area (Å²) in [4.78, 5) is 24.0. The lowest BCUT2D eigenvalue weighted by Crippen LogP contribution is -2.23. The van der Waals surface area contributed by atoms with Gasteiger partial charge in [0.05, 0.1) is 18.3 Å². The third-order valence-corrected chi connectivity index (χ3v) is 2.82. The third kappa shape index (κ3) is 3.21. The number of hydroxylamine groups is 1. The van der Waals surface area contributed by atoms with E-state index < -0.39 is 5.97 Å². The molecule has 1 aromatic heterocycles. The number of carboxylic acid groups (broad SMARTS) is 1. The van der Waals surface area contributed by atoms with Crippen LogP contribution in [0.3, 0.4) is 0 Å². The zero-order valence-corrected chi connectivity index (χ0v) is 9.43. The Morgan fingerprint density at radius 1 is 1.53 bits per heavy atom. The molecule has 2 N–H and O–H groups in total. The van der Waals surface area contributed by atoms with Crippen LogP contribution >= 0.6 is 0 Å². The van der Waals surface area contributed by atoms with Crippen molar-refractivity contribution in [1.82, 2.24) is 15.4 Å². The Morgan fingerprint density at radius 3 is 3.00 bits per heavy atom. The number of nitrogens with zero attached hydrogens (tertiary/aromatic N) is 2. The average Bonchev–Trinajstić information content (AvgIpc) is 2.82. The van der Waals surface area contributed by atoms with Gasteiger partial charge in [0, 0.05) is 6.20 Å². The largest absolute Gasteiger partial charge is 0.478 e. The van der Waals surface area contributed by atoms with Gasteiger partial charge < -0.3 is 5.11 Å². The molecule has 6 nitrogen and oxygen atoms in total. The van der Waals surface area contributed by atoms with Crippen molar-refractivity contribution in [3.8, 4) is 0 Å². The number of nitrogens with one attached hydrogen (secondary N) is 1. The van der Waals surface area contributed by atoms with Crippen LogP contribution in [0.25, 0.3) is 0 Å². The SMILES string of the molecule is O=C(O)c1cncnc1CNOC1CCCC1. The topological polar surface area (TPSA) is 84.3 Å². The molecular weight excluding hydrogens is 222 g/mol. The fourth-order valence-electron chi connectivity index (χ4n) is 1.91. The summed E-state index contributed by atoms with van der Waals surface area (Å²) < 4.78 is 0. The molecule has 0 radical (unpaired) electrons. The Hall–Kier alpha value is -1.53. The molecule has 0 spiro atoms. The molecule has 1 aliphatic carbocycles. The van der Waals surface area contributed by atoms with Crippen LogP contribution in [0.2, 0.25) is 0 Å². The van der Waals surface area contributed by atoms with Gasteiger partial charge in [0.25, 0.3) is 0 Å². The lowest BCUT2D eigenvalue weighted by molar-refractivity contribution is -0.0250. The van der Waals surface area contributed by atoms with E-state index in [4.69, 9.17) is 9.94 Å². The molecule has 0 saturated heterocycles. The molecular formula is C11H15N3O3. The molecule has 1 aliphatic rings. The minimum Gasteiger partial charge on any atom is -0.478 e. The van der Waals surface area contributed by atoms with Crippen LogP contribution < -0.4 is 5.48 Å². The number of aromatic nitrogens is 2. The van der Waals surface area contributed by atoms with Crippen LogP contribution in [0.4, 0.5) is 0 Å². The summed E-state index contributed by atoms with van der Waals surface area (Å²) in [6, 6.07) is 0. The van der Waals surface area contributed by atoms with Crippen molar-refractivity contribution in [3.05, 3.63) is 23.8 Å². The van der Waals surface area contributed by atoms with Crippen molar-refractivity contribution in [2.45, 2.75) is 38.3 Å². The first kappa shape index (κ1) is 11.9. The summed E-state index contributed by atoms with van der Waals surface area (Å²) in [5.74, 6) is -1.02. The van der Waals surface area contributed by atoms with Crippen LogP contribution in [-0.4, -0.2) is 27.1 Å². The summed E-state index contributed by atoms with van der Waals surface area (Å²) in [5.41, 5.74) is 3.33.